The molecule has 0 radical (unpaired) electrons. The molecule has 0 saturated heterocycles. The molecular formula is C73H142O17P2. The summed E-state index contributed by atoms with van der Waals surface area (Å²) in [5, 5.41) is 10.6. The summed E-state index contributed by atoms with van der Waals surface area (Å²) in [6.07, 6.45) is 45.9. The minimum absolute atomic E-state index is 0.105. The van der Waals surface area contributed by atoms with Crippen molar-refractivity contribution in [2.45, 2.75) is 382 Å². The Morgan fingerprint density at radius 2 is 0.457 bits per heavy atom. The van der Waals surface area contributed by atoms with Crippen molar-refractivity contribution in [3.63, 3.8) is 0 Å². The Labute approximate surface area is 562 Å². The molecule has 5 atom stereocenters. The molecule has 0 aromatic rings. The maximum absolute atomic E-state index is 13.1. The molecule has 0 aromatic carbocycles. The number of ether oxygens (including phenoxy) is 4. The van der Waals surface area contributed by atoms with Gasteiger partial charge < -0.3 is 33.8 Å². The molecule has 0 heterocycles. The van der Waals surface area contributed by atoms with E-state index in [1.807, 2.05) is 0 Å². The number of phosphoric acid groups is 2. The lowest BCUT2D eigenvalue weighted by Gasteiger charge is -2.21. The normalized spacial score (nSPS) is 14.2. The molecule has 0 spiro atoms. The Bertz CT molecular complexity index is 1820. The molecule has 92 heavy (non-hydrogen) atoms. The molecule has 0 rings (SSSR count). The van der Waals surface area contributed by atoms with Crippen molar-refractivity contribution in [1.29, 1.82) is 0 Å². The number of hydrogen-bond donors (Lipinski definition) is 3. The lowest BCUT2D eigenvalue weighted by Crippen LogP contribution is -2.30. The van der Waals surface area contributed by atoms with Crippen molar-refractivity contribution >= 4 is 39.5 Å². The van der Waals surface area contributed by atoms with Crippen LogP contribution in [0.2, 0.25) is 0 Å². The second-order valence-electron chi connectivity index (χ2n) is 28.2. The summed E-state index contributed by atoms with van der Waals surface area (Å²) < 4.78 is 68.4. The molecule has 17 nitrogen and oxygen atoms in total. The van der Waals surface area contributed by atoms with Crippen molar-refractivity contribution in [1.82, 2.24) is 0 Å². The third kappa shape index (κ3) is 66.7. The Morgan fingerprint density at radius 3 is 0.674 bits per heavy atom. The minimum atomic E-state index is -4.96. The first-order chi connectivity index (χ1) is 44.1. The number of unbranched alkanes of at least 4 members (excludes halogenated alkanes) is 36. The van der Waals surface area contributed by atoms with Gasteiger partial charge in [-0.2, -0.15) is 0 Å². The van der Waals surface area contributed by atoms with Gasteiger partial charge >= 0.3 is 39.5 Å². The van der Waals surface area contributed by atoms with E-state index < -0.39 is 97.5 Å². The maximum atomic E-state index is 13.1. The van der Waals surface area contributed by atoms with E-state index in [0.29, 0.717) is 31.6 Å². The molecule has 0 saturated carbocycles. The molecule has 19 heteroatoms. The predicted molar refractivity (Wildman–Crippen MR) is 372 cm³/mol. The van der Waals surface area contributed by atoms with Gasteiger partial charge in [-0.05, 0) is 49.4 Å². The first-order valence-corrected chi connectivity index (χ1v) is 40.7. The van der Waals surface area contributed by atoms with Crippen LogP contribution in [-0.2, 0) is 65.4 Å². The maximum Gasteiger partial charge on any atom is 0.472 e. The lowest BCUT2D eigenvalue weighted by molar-refractivity contribution is -0.161. The van der Waals surface area contributed by atoms with Crippen molar-refractivity contribution < 1.29 is 80.2 Å². The zero-order chi connectivity index (χ0) is 68.2. The zero-order valence-electron chi connectivity index (χ0n) is 60.2. The fourth-order valence-corrected chi connectivity index (χ4v) is 12.6. The molecule has 0 bridgehead atoms. The largest absolute Gasteiger partial charge is 0.472 e. The summed E-state index contributed by atoms with van der Waals surface area (Å²) in [6.45, 7) is 14.1. The summed E-state index contributed by atoms with van der Waals surface area (Å²) in [5.74, 6) is 0.864. The average molecular weight is 1350 g/mol. The summed E-state index contributed by atoms with van der Waals surface area (Å²) in [4.78, 5) is 72.7. The van der Waals surface area contributed by atoms with Crippen molar-refractivity contribution in [3.05, 3.63) is 0 Å². The molecule has 0 amide bonds. The standard InChI is InChI=1S/C73H142O17P2/c1-63(2)49-41-33-25-19-13-10-9-11-15-23-29-39-47-55-72(77)89-68(59-83-70(75)53-45-37-28-22-18-17-21-27-35-43-51-65(5)6)61-87-91(79,80)85-57-67(74)58-86-92(81,82)88-62-69(60-84-71(76)54-46-38-32-31-36-44-52-66(7)8)90-73(78)56-48-40-30-24-16-12-14-20-26-34-42-50-64(3)4/h63-69,74H,9-62H2,1-8H3,(H,79,80)(H,81,82)/t67-,68-,69-/m1/s1. The van der Waals surface area contributed by atoms with Crippen LogP contribution in [0.15, 0.2) is 0 Å². The van der Waals surface area contributed by atoms with Gasteiger partial charge in [0.2, 0.25) is 0 Å². The highest BCUT2D eigenvalue weighted by atomic mass is 31.2. The quantitative estimate of drug-likeness (QED) is 0.0222. The molecule has 3 N–H and O–H groups in total. The van der Waals surface area contributed by atoms with Gasteiger partial charge in [0.15, 0.2) is 12.2 Å². The molecule has 0 aliphatic carbocycles. The number of rotatable bonds is 70. The topological polar surface area (TPSA) is 237 Å². The number of esters is 4. The number of aliphatic hydroxyl groups is 1. The van der Waals surface area contributed by atoms with E-state index in [9.17, 15) is 43.2 Å². The summed E-state index contributed by atoms with van der Waals surface area (Å²) in [7, 11) is -9.91. The highest BCUT2D eigenvalue weighted by molar-refractivity contribution is 7.47. The van der Waals surface area contributed by atoms with Crippen LogP contribution in [0, 0.1) is 23.7 Å². The molecule has 546 valence electrons. The summed E-state index contributed by atoms with van der Waals surface area (Å²) >= 11 is 0. The first-order valence-electron chi connectivity index (χ1n) is 37.7. The highest BCUT2D eigenvalue weighted by Crippen LogP contribution is 2.45. The Kier molecular flexibility index (Phi) is 61.3. The van der Waals surface area contributed by atoms with Gasteiger partial charge in [0.1, 0.15) is 19.3 Å². The molecule has 2 unspecified atom stereocenters. The van der Waals surface area contributed by atoms with Crippen LogP contribution < -0.4 is 0 Å². The van der Waals surface area contributed by atoms with Crippen molar-refractivity contribution in [3.8, 4) is 0 Å². The number of carbonyl (C=O) groups is 4. The van der Waals surface area contributed by atoms with Crippen LogP contribution >= 0.6 is 15.6 Å². The van der Waals surface area contributed by atoms with E-state index in [0.717, 1.165) is 114 Å². The van der Waals surface area contributed by atoms with Crippen LogP contribution in [0.1, 0.15) is 364 Å². The monoisotopic (exact) mass is 1350 g/mol. The van der Waals surface area contributed by atoms with E-state index >= 15 is 0 Å². The minimum Gasteiger partial charge on any atom is -0.462 e. The third-order valence-corrected chi connectivity index (χ3v) is 18.7. The highest BCUT2D eigenvalue weighted by Gasteiger charge is 2.30. The van der Waals surface area contributed by atoms with E-state index in [-0.39, 0.29) is 25.7 Å². The molecule has 0 aromatic heterocycles. The smallest absolute Gasteiger partial charge is 0.462 e. The SMILES string of the molecule is CC(C)CCCCCCCCCCCCCCCC(=O)O[C@H](COC(=O)CCCCCCCCCCCCC(C)C)COP(=O)(O)OC[C@@H](O)COP(=O)(O)OC[C@@H](COC(=O)CCCCCCCCC(C)C)OC(=O)CCCCCCCCCCCCCC(C)C. The van der Waals surface area contributed by atoms with Crippen molar-refractivity contribution in [2.24, 2.45) is 23.7 Å². The van der Waals surface area contributed by atoms with Gasteiger partial charge in [-0.15, -0.1) is 0 Å². The van der Waals surface area contributed by atoms with E-state index in [4.69, 9.17) is 37.0 Å². The van der Waals surface area contributed by atoms with Crippen LogP contribution in [0.25, 0.3) is 0 Å². The lowest BCUT2D eigenvalue weighted by atomic mass is 10.0. The van der Waals surface area contributed by atoms with E-state index in [1.165, 1.54) is 161 Å². The van der Waals surface area contributed by atoms with Gasteiger partial charge in [0, 0.05) is 25.7 Å². The fraction of sp³-hybridized carbons (Fsp3) is 0.945. The van der Waals surface area contributed by atoms with Gasteiger partial charge in [0.05, 0.1) is 26.4 Å². The third-order valence-electron chi connectivity index (χ3n) is 16.8. The second kappa shape index (κ2) is 62.6. The molecule has 0 aliphatic heterocycles. The van der Waals surface area contributed by atoms with Gasteiger partial charge in [-0.25, -0.2) is 9.13 Å². The zero-order valence-corrected chi connectivity index (χ0v) is 62.0. The Morgan fingerprint density at radius 1 is 0.272 bits per heavy atom. The van der Waals surface area contributed by atoms with Gasteiger partial charge in [-0.3, -0.25) is 37.3 Å². The van der Waals surface area contributed by atoms with Crippen molar-refractivity contribution in [2.75, 3.05) is 39.6 Å². The van der Waals surface area contributed by atoms with Crippen LogP contribution in [0.5, 0.6) is 0 Å². The fourth-order valence-electron chi connectivity index (χ4n) is 11.0. The number of hydrogen-bond acceptors (Lipinski definition) is 15. The van der Waals surface area contributed by atoms with E-state index in [1.54, 1.807) is 0 Å². The van der Waals surface area contributed by atoms with Crippen LogP contribution in [0.4, 0.5) is 0 Å². The van der Waals surface area contributed by atoms with Gasteiger partial charge in [-0.1, -0.05) is 312 Å². The Hall–Kier alpha value is -1.94. The summed E-state index contributed by atoms with van der Waals surface area (Å²) in [6, 6.07) is 0. The average Bonchev–Trinajstić information content (AvgIpc) is 2.71. The molecule has 0 aliphatic rings. The predicted octanol–water partition coefficient (Wildman–Crippen LogP) is 20.9. The number of phosphoric ester groups is 2. The second-order valence-corrected chi connectivity index (χ2v) is 31.1. The van der Waals surface area contributed by atoms with E-state index in [2.05, 4.69) is 55.4 Å². The first kappa shape index (κ1) is 90.1. The van der Waals surface area contributed by atoms with Crippen LogP contribution in [-0.4, -0.2) is 96.7 Å². The van der Waals surface area contributed by atoms with Gasteiger partial charge in [0.25, 0.3) is 0 Å². The Balaban J connectivity index is 5.25. The number of carbonyl (C=O) groups excluding carboxylic acids is 4. The van der Waals surface area contributed by atoms with Crippen LogP contribution in [0.3, 0.4) is 0 Å². The summed E-state index contributed by atoms with van der Waals surface area (Å²) in [5.41, 5.74) is 0. The molecular weight excluding hydrogens is 1210 g/mol. The molecule has 0 fully saturated rings. The number of aliphatic hydroxyl groups excluding tert-OH is 1.